The Bertz CT molecular complexity index is 542. The Balaban J connectivity index is 1.74. The summed E-state index contributed by atoms with van der Waals surface area (Å²) in [5.74, 6) is -0.0906. The largest absolute Gasteiger partial charge is 0.355 e. The van der Waals surface area contributed by atoms with Crippen LogP contribution in [0.1, 0.15) is 24.8 Å². The van der Waals surface area contributed by atoms with E-state index in [1.165, 1.54) is 0 Å². The van der Waals surface area contributed by atoms with Crippen LogP contribution in [0, 0.1) is 5.92 Å². The van der Waals surface area contributed by atoms with Gasteiger partial charge in [-0.25, -0.2) is 0 Å². The van der Waals surface area contributed by atoms with E-state index in [0.29, 0.717) is 25.6 Å². The molecule has 1 unspecified atom stereocenters. The summed E-state index contributed by atoms with van der Waals surface area (Å²) in [5.41, 5.74) is 1.12. The molecular formula is C15H17BrN2O2. The minimum absolute atomic E-state index is 0.0139. The van der Waals surface area contributed by atoms with Crippen LogP contribution in [0.4, 0.5) is 0 Å². The molecule has 2 aliphatic rings. The van der Waals surface area contributed by atoms with Crippen molar-refractivity contribution in [3.63, 3.8) is 0 Å². The van der Waals surface area contributed by atoms with Gasteiger partial charge in [0.15, 0.2) is 0 Å². The van der Waals surface area contributed by atoms with Crippen molar-refractivity contribution >= 4 is 27.7 Å². The van der Waals surface area contributed by atoms with Crippen molar-refractivity contribution in [2.45, 2.75) is 31.8 Å². The van der Waals surface area contributed by atoms with E-state index < -0.39 is 0 Å². The summed E-state index contributed by atoms with van der Waals surface area (Å²) in [7, 11) is 0. The second-order valence-corrected chi connectivity index (χ2v) is 6.35. The topological polar surface area (TPSA) is 49.4 Å². The van der Waals surface area contributed by atoms with Crippen LogP contribution in [0.2, 0.25) is 0 Å². The van der Waals surface area contributed by atoms with Crippen LogP contribution in [0.5, 0.6) is 0 Å². The molecule has 1 aliphatic heterocycles. The number of rotatable bonds is 4. The second-order valence-electron chi connectivity index (χ2n) is 5.49. The van der Waals surface area contributed by atoms with Crippen molar-refractivity contribution in [3.05, 3.63) is 34.3 Å². The molecule has 1 aromatic rings. The van der Waals surface area contributed by atoms with Gasteiger partial charge in [0.05, 0.1) is 5.92 Å². The SMILES string of the molecule is O=C1CC(C(=O)N(Cc2ccccc2Br)C2CC2)CN1. The maximum absolute atomic E-state index is 12.6. The lowest BCUT2D eigenvalue weighted by atomic mass is 10.1. The van der Waals surface area contributed by atoms with E-state index >= 15 is 0 Å². The molecule has 1 aliphatic carbocycles. The highest BCUT2D eigenvalue weighted by atomic mass is 79.9. The molecule has 2 amide bonds. The van der Waals surface area contributed by atoms with Crippen LogP contribution in [0.3, 0.4) is 0 Å². The molecule has 1 saturated carbocycles. The molecule has 1 heterocycles. The number of carbonyl (C=O) groups is 2. The normalized spacial score (nSPS) is 21.6. The molecule has 1 aromatic carbocycles. The summed E-state index contributed by atoms with van der Waals surface area (Å²) in [6.07, 6.45) is 2.48. The fourth-order valence-corrected chi connectivity index (χ4v) is 3.01. The lowest BCUT2D eigenvalue weighted by molar-refractivity contribution is -0.137. The van der Waals surface area contributed by atoms with Crippen molar-refractivity contribution in [2.24, 2.45) is 5.92 Å². The third kappa shape index (κ3) is 2.87. The molecule has 4 nitrogen and oxygen atoms in total. The third-order valence-electron chi connectivity index (χ3n) is 3.90. The summed E-state index contributed by atoms with van der Waals surface area (Å²) in [4.78, 5) is 25.8. The first-order chi connectivity index (χ1) is 9.65. The summed E-state index contributed by atoms with van der Waals surface area (Å²) in [6.45, 7) is 1.10. The summed E-state index contributed by atoms with van der Waals surface area (Å²) in [6, 6.07) is 8.33. The van der Waals surface area contributed by atoms with Gasteiger partial charge in [-0.05, 0) is 24.5 Å². The van der Waals surface area contributed by atoms with Crippen LogP contribution >= 0.6 is 15.9 Å². The van der Waals surface area contributed by atoms with Crippen LogP contribution in [-0.4, -0.2) is 29.3 Å². The van der Waals surface area contributed by atoms with Gasteiger partial charge >= 0.3 is 0 Å². The zero-order valence-electron chi connectivity index (χ0n) is 11.1. The van der Waals surface area contributed by atoms with Gasteiger partial charge in [0.1, 0.15) is 0 Å². The fraction of sp³-hybridized carbons (Fsp3) is 0.467. The van der Waals surface area contributed by atoms with Gasteiger partial charge in [0.25, 0.3) is 0 Å². The van der Waals surface area contributed by atoms with Crippen LogP contribution < -0.4 is 5.32 Å². The van der Waals surface area contributed by atoms with E-state index in [1.807, 2.05) is 29.2 Å². The standard InChI is InChI=1S/C15H17BrN2O2/c16-13-4-2-1-3-10(13)9-18(12-5-6-12)15(20)11-7-14(19)17-8-11/h1-4,11-12H,5-9H2,(H,17,19). The number of hydrogen-bond donors (Lipinski definition) is 1. The predicted octanol–water partition coefficient (Wildman–Crippen LogP) is 2.08. The van der Waals surface area contributed by atoms with Crippen molar-refractivity contribution in [1.29, 1.82) is 0 Å². The molecular weight excluding hydrogens is 320 g/mol. The highest BCUT2D eigenvalue weighted by Gasteiger charge is 2.38. The summed E-state index contributed by atoms with van der Waals surface area (Å²) in [5, 5.41) is 2.74. The first-order valence-corrected chi connectivity index (χ1v) is 7.75. The van der Waals surface area contributed by atoms with E-state index in [1.54, 1.807) is 0 Å². The molecule has 1 N–H and O–H groups in total. The Morgan fingerprint density at radius 2 is 2.10 bits per heavy atom. The minimum Gasteiger partial charge on any atom is -0.355 e. The first-order valence-electron chi connectivity index (χ1n) is 6.95. The molecule has 0 bridgehead atoms. The van der Waals surface area contributed by atoms with Gasteiger partial charge in [0, 0.05) is 30.0 Å². The smallest absolute Gasteiger partial charge is 0.228 e. The van der Waals surface area contributed by atoms with Crippen LogP contribution in [0.25, 0.3) is 0 Å². The van der Waals surface area contributed by atoms with Gasteiger partial charge in [-0.15, -0.1) is 0 Å². The summed E-state index contributed by atoms with van der Waals surface area (Å²) >= 11 is 3.53. The van der Waals surface area contributed by atoms with E-state index in [9.17, 15) is 9.59 Å². The molecule has 1 atom stereocenters. The number of amides is 2. The Kier molecular flexibility index (Phi) is 3.78. The number of halogens is 1. The van der Waals surface area contributed by atoms with Crippen molar-refractivity contribution < 1.29 is 9.59 Å². The van der Waals surface area contributed by atoms with Crippen molar-refractivity contribution in [2.75, 3.05) is 6.54 Å². The molecule has 5 heteroatoms. The third-order valence-corrected chi connectivity index (χ3v) is 4.67. The highest BCUT2D eigenvalue weighted by molar-refractivity contribution is 9.10. The average molecular weight is 337 g/mol. The molecule has 0 aromatic heterocycles. The van der Waals surface area contributed by atoms with E-state index in [4.69, 9.17) is 0 Å². The lowest BCUT2D eigenvalue weighted by Crippen LogP contribution is -2.38. The van der Waals surface area contributed by atoms with Crippen molar-refractivity contribution in [1.82, 2.24) is 10.2 Å². The molecule has 20 heavy (non-hydrogen) atoms. The summed E-state index contributed by atoms with van der Waals surface area (Å²) < 4.78 is 1.03. The average Bonchev–Trinajstić information content (AvgIpc) is 3.18. The van der Waals surface area contributed by atoms with Gasteiger partial charge in [-0.2, -0.15) is 0 Å². The molecule has 2 fully saturated rings. The molecule has 3 rings (SSSR count). The monoisotopic (exact) mass is 336 g/mol. The van der Waals surface area contributed by atoms with Gasteiger partial charge in [-0.1, -0.05) is 34.1 Å². The fourth-order valence-electron chi connectivity index (χ4n) is 2.60. The number of nitrogens with zero attached hydrogens (tertiary/aromatic N) is 1. The Hall–Kier alpha value is -1.36. The zero-order valence-corrected chi connectivity index (χ0v) is 12.7. The van der Waals surface area contributed by atoms with E-state index in [0.717, 1.165) is 22.9 Å². The molecule has 1 saturated heterocycles. The van der Waals surface area contributed by atoms with Crippen LogP contribution in [-0.2, 0) is 16.1 Å². The maximum Gasteiger partial charge on any atom is 0.228 e. The highest BCUT2D eigenvalue weighted by Crippen LogP contribution is 2.32. The first kappa shape index (κ1) is 13.6. The van der Waals surface area contributed by atoms with Crippen LogP contribution in [0.15, 0.2) is 28.7 Å². The Morgan fingerprint density at radius 1 is 1.35 bits per heavy atom. The minimum atomic E-state index is -0.189. The molecule has 0 spiro atoms. The quantitative estimate of drug-likeness (QED) is 0.915. The second kappa shape index (κ2) is 5.56. The predicted molar refractivity (Wildman–Crippen MR) is 78.8 cm³/mol. The Labute approximate surface area is 126 Å². The molecule has 0 radical (unpaired) electrons. The van der Waals surface area contributed by atoms with Crippen molar-refractivity contribution in [3.8, 4) is 0 Å². The molecule has 106 valence electrons. The number of nitrogens with one attached hydrogen (secondary N) is 1. The van der Waals surface area contributed by atoms with Gasteiger partial charge < -0.3 is 10.2 Å². The zero-order chi connectivity index (χ0) is 14.1. The van der Waals surface area contributed by atoms with E-state index in [2.05, 4.69) is 21.2 Å². The maximum atomic E-state index is 12.6. The van der Waals surface area contributed by atoms with E-state index in [-0.39, 0.29) is 17.7 Å². The lowest BCUT2D eigenvalue weighted by Gasteiger charge is -2.25. The van der Waals surface area contributed by atoms with Gasteiger partial charge in [-0.3, -0.25) is 9.59 Å². The Morgan fingerprint density at radius 3 is 2.70 bits per heavy atom. The number of carbonyl (C=O) groups excluding carboxylic acids is 2. The number of benzene rings is 1. The number of hydrogen-bond acceptors (Lipinski definition) is 2. The van der Waals surface area contributed by atoms with Gasteiger partial charge in [0.2, 0.25) is 11.8 Å².